The van der Waals surface area contributed by atoms with Crippen LogP contribution in [0.4, 0.5) is 5.69 Å². The fourth-order valence-corrected chi connectivity index (χ4v) is 3.36. The van der Waals surface area contributed by atoms with E-state index in [-0.39, 0.29) is 5.25 Å². The Labute approximate surface area is 91.2 Å². The first-order valence-electron chi connectivity index (χ1n) is 5.11. The summed E-state index contributed by atoms with van der Waals surface area (Å²) in [5, 5.41) is -0.291. The van der Waals surface area contributed by atoms with Gasteiger partial charge >= 0.3 is 0 Å². The summed E-state index contributed by atoms with van der Waals surface area (Å²) >= 11 is 0. The highest BCUT2D eigenvalue weighted by atomic mass is 32.2. The van der Waals surface area contributed by atoms with Crippen LogP contribution in [-0.2, 0) is 9.84 Å². The molecular weight excluding hydrogens is 210 g/mol. The molecule has 2 N–H and O–H groups in total. The van der Waals surface area contributed by atoms with Crippen molar-refractivity contribution in [3.8, 4) is 0 Å². The summed E-state index contributed by atoms with van der Waals surface area (Å²) < 4.78 is 24.1. The molecule has 1 rings (SSSR count). The minimum Gasteiger partial charge on any atom is -0.399 e. The van der Waals surface area contributed by atoms with Gasteiger partial charge in [0, 0.05) is 5.69 Å². The van der Waals surface area contributed by atoms with Crippen LogP contribution in [0.25, 0.3) is 0 Å². The van der Waals surface area contributed by atoms with Crippen LogP contribution in [0, 0.1) is 0 Å². The second-order valence-corrected chi connectivity index (χ2v) is 5.78. The zero-order valence-electron chi connectivity index (χ0n) is 9.10. The monoisotopic (exact) mass is 227 g/mol. The third-order valence-corrected chi connectivity index (χ3v) is 5.03. The Bertz CT molecular complexity index is 405. The fraction of sp³-hybridized carbons (Fsp3) is 0.455. The van der Waals surface area contributed by atoms with Gasteiger partial charge in [0.25, 0.3) is 0 Å². The predicted octanol–water partition coefficient (Wildman–Crippen LogP) is 2.23. The zero-order chi connectivity index (χ0) is 11.5. The number of rotatable bonds is 4. The number of hydrogen-bond donors (Lipinski definition) is 1. The van der Waals surface area contributed by atoms with Crippen molar-refractivity contribution in [1.29, 1.82) is 0 Å². The molecule has 1 aromatic rings. The van der Waals surface area contributed by atoms with E-state index in [1.807, 2.05) is 13.8 Å². The zero-order valence-corrected chi connectivity index (χ0v) is 9.92. The summed E-state index contributed by atoms with van der Waals surface area (Å²) in [5.74, 6) is 0. The predicted molar refractivity (Wildman–Crippen MR) is 62.4 cm³/mol. The first kappa shape index (κ1) is 12.0. The minimum atomic E-state index is -3.17. The Kier molecular flexibility index (Phi) is 3.74. The molecule has 15 heavy (non-hydrogen) atoms. The van der Waals surface area contributed by atoms with E-state index >= 15 is 0 Å². The Hall–Kier alpha value is -1.03. The molecule has 84 valence electrons. The number of sulfone groups is 1. The lowest BCUT2D eigenvalue weighted by molar-refractivity contribution is 0.571. The Morgan fingerprint density at radius 3 is 2.00 bits per heavy atom. The smallest absolute Gasteiger partial charge is 0.181 e. The molecule has 0 heterocycles. The highest BCUT2D eigenvalue weighted by Gasteiger charge is 2.23. The molecule has 3 nitrogen and oxygen atoms in total. The summed E-state index contributed by atoms with van der Waals surface area (Å²) in [6.45, 7) is 3.78. The molecule has 0 atom stereocenters. The number of nitrogen functional groups attached to an aromatic ring is 1. The molecule has 0 fully saturated rings. The van der Waals surface area contributed by atoms with E-state index in [2.05, 4.69) is 0 Å². The lowest BCUT2D eigenvalue weighted by Gasteiger charge is -2.13. The largest absolute Gasteiger partial charge is 0.399 e. The molecule has 0 aliphatic carbocycles. The van der Waals surface area contributed by atoms with Gasteiger partial charge in [-0.2, -0.15) is 0 Å². The van der Waals surface area contributed by atoms with Crippen LogP contribution in [0.15, 0.2) is 29.2 Å². The van der Waals surface area contributed by atoms with E-state index < -0.39 is 9.84 Å². The van der Waals surface area contributed by atoms with Crippen molar-refractivity contribution in [2.45, 2.75) is 36.8 Å². The number of anilines is 1. The van der Waals surface area contributed by atoms with E-state index in [0.29, 0.717) is 23.4 Å². The second kappa shape index (κ2) is 4.66. The maximum atomic E-state index is 12.1. The third-order valence-electron chi connectivity index (χ3n) is 2.56. The van der Waals surface area contributed by atoms with Gasteiger partial charge in [-0.3, -0.25) is 0 Å². The number of benzene rings is 1. The molecule has 0 saturated heterocycles. The normalized spacial score (nSPS) is 11.9. The molecule has 0 radical (unpaired) electrons. The maximum Gasteiger partial charge on any atom is 0.181 e. The molecule has 4 heteroatoms. The van der Waals surface area contributed by atoms with Gasteiger partial charge in [-0.05, 0) is 37.1 Å². The molecule has 1 aromatic carbocycles. The maximum absolute atomic E-state index is 12.1. The fourth-order valence-electron chi connectivity index (χ4n) is 1.58. The Morgan fingerprint density at radius 2 is 1.60 bits per heavy atom. The van der Waals surface area contributed by atoms with E-state index in [4.69, 9.17) is 5.73 Å². The Morgan fingerprint density at radius 1 is 1.13 bits per heavy atom. The van der Waals surface area contributed by atoms with Crippen LogP contribution < -0.4 is 5.73 Å². The van der Waals surface area contributed by atoms with Gasteiger partial charge in [0.1, 0.15) is 0 Å². The SMILES string of the molecule is CCC(CC)S(=O)(=O)c1ccc(N)cc1. The van der Waals surface area contributed by atoms with Crippen molar-refractivity contribution in [3.05, 3.63) is 24.3 Å². The summed E-state index contributed by atoms with van der Waals surface area (Å²) in [6.07, 6.45) is 1.28. The average Bonchev–Trinajstić information content (AvgIpc) is 2.19. The summed E-state index contributed by atoms with van der Waals surface area (Å²) in [4.78, 5) is 0.366. The van der Waals surface area contributed by atoms with Gasteiger partial charge in [-0.15, -0.1) is 0 Å². The number of hydrogen-bond acceptors (Lipinski definition) is 3. The average molecular weight is 227 g/mol. The topological polar surface area (TPSA) is 60.2 Å². The number of nitrogens with two attached hydrogens (primary N) is 1. The van der Waals surface area contributed by atoms with E-state index in [0.717, 1.165) is 0 Å². The molecule has 0 unspecified atom stereocenters. The van der Waals surface area contributed by atoms with Crippen molar-refractivity contribution in [2.75, 3.05) is 5.73 Å². The Balaban J connectivity index is 3.11. The lowest BCUT2D eigenvalue weighted by Crippen LogP contribution is -2.19. The van der Waals surface area contributed by atoms with E-state index in [1.54, 1.807) is 24.3 Å². The van der Waals surface area contributed by atoms with Crippen molar-refractivity contribution in [1.82, 2.24) is 0 Å². The van der Waals surface area contributed by atoms with Gasteiger partial charge in [0.15, 0.2) is 9.84 Å². The van der Waals surface area contributed by atoms with Gasteiger partial charge < -0.3 is 5.73 Å². The second-order valence-electron chi connectivity index (χ2n) is 3.55. The van der Waals surface area contributed by atoms with Crippen LogP contribution in [0.5, 0.6) is 0 Å². The van der Waals surface area contributed by atoms with Crippen LogP contribution in [-0.4, -0.2) is 13.7 Å². The molecule has 0 aromatic heterocycles. The molecule has 0 aliphatic heterocycles. The molecule has 0 spiro atoms. The minimum absolute atomic E-state index is 0.291. The van der Waals surface area contributed by atoms with Crippen LogP contribution >= 0.6 is 0 Å². The third kappa shape index (κ3) is 2.50. The van der Waals surface area contributed by atoms with Gasteiger partial charge in [-0.1, -0.05) is 13.8 Å². The highest BCUT2D eigenvalue weighted by Crippen LogP contribution is 2.21. The van der Waals surface area contributed by atoms with E-state index in [1.165, 1.54) is 0 Å². The molecule has 0 bridgehead atoms. The lowest BCUT2D eigenvalue weighted by atomic mass is 10.3. The van der Waals surface area contributed by atoms with Crippen LogP contribution in [0.1, 0.15) is 26.7 Å². The first-order chi connectivity index (χ1) is 7.02. The van der Waals surface area contributed by atoms with Gasteiger partial charge in [0.05, 0.1) is 10.1 Å². The molecular formula is C11H17NO2S. The summed E-state index contributed by atoms with van der Waals surface area (Å²) in [5.41, 5.74) is 6.10. The van der Waals surface area contributed by atoms with Crippen molar-refractivity contribution in [3.63, 3.8) is 0 Å². The summed E-state index contributed by atoms with van der Waals surface area (Å²) in [7, 11) is -3.17. The molecule has 0 saturated carbocycles. The molecule has 0 aliphatic rings. The van der Waals surface area contributed by atoms with Crippen molar-refractivity contribution in [2.24, 2.45) is 0 Å². The van der Waals surface area contributed by atoms with Crippen LogP contribution in [0.2, 0.25) is 0 Å². The molecule has 0 amide bonds. The summed E-state index contributed by atoms with van der Waals surface area (Å²) in [6, 6.07) is 6.39. The first-order valence-corrected chi connectivity index (χ1v) is 6.66. The quantitative estimate of drug-likeness (QED) is 0.802. The van der Waals surface area contributed by atoms with Gasteiger partial charge in [0.2, 0.25) is 0 Å². The van der Waals surface area contributed by atoms with Crippen molar-refractivity contribution < 1.29 is 8.42 Å². The van der Waals surface area contributed by atoms with E-state index in [9.17, 15) is 8.42 Å². The highest BCUT2D eigenvalue weighted by molar-refractivity contribution is 7.92. The standard InChI is InChI=1S/C11H17NO2S/c1-3-10(4-2)15(13,14)11-7-5-9(12)6-8-11/h5-8,10H,3-4,12H2,1-2H3. The van der Waals surface area contributed by atoms with Crippen LogP contribution in [0.3, 0.4) is 0 Å². The van der Waals surface area contributed by atoms with Gasteiger partial charge in [-0.25, -0.2) is 8.42 Å². The van der Waals surface area contributed by atoms with Crippen molar-refractivity contribution >= 4 is 15.5 Å².